The van der Waals surface area contributed by atoms with Crippen LogP contribution in [0.2, 0.25) is 0 Å². The quantitative estimate of drug-likeness (QED) is 0.809. The Morgan fingerprint density at radius 1 is 0.955 bits per heavy atom. The molecule has 0 N–H and O–H groups in total. The first-order valence-corrected chi connectivity index (χ1v) is 7.28. The van der Waals surface area contributed by atoms with Crippen molar-refractivity contribution in [3.63, 3.8) is 0 Å². The number of aromatic nitrogens is 1. The molecule has 1 saturated heterocycles. The van der Waals surface area contributed by atoms with Crippen LogP contribution in [-0.2, 0) is 4.79 Å². The number of carbonyl (C=O) groups is 2. The maximum atomic E-state index is 12.4. The smallest absolute Gasteiger partial charge is 0.272 e. The number of nitrogens with zero attached hydrogens (tertiary/aromatic N) is 3. The van der Waals surface area contributed by atoms with Crippen LogP contribution in [-0.4, -0.2) is 53.3 Å². The van der Waals surface area contributed by atoms with Gasteiger partial charge < -0.3 is 9.80 Å². The van der Waals surface area contributed by atoms with E-state index in [1.165, 1.54) is 0 Å². The van der Waals surface area contributed by atoms with Crippen LogP contribution in [0.1, 0.15) is 10.5 Å². The Kier molecular flexibility index (Phi) is 4.14. The molecule has 2 aromatic rings. The summed E-state index contributed by atoms with van der Waals surface area (Å²) >= 11 is 0. The van der Waals surface area contributed by atoms with E-state index in [1.807, 2.05) is 36.4 Å². The lowest BCUT2D eigenvalue weighted by Gasteiger charge is -2.32. The second-order valence-electron chi connectivity index (χ2n) is 5.23. The SMILES string of the molecule is O=CN1CCN(C(=O)c2ccc(-c3ccccc3)cn2)CC1. The molecular formula is C17H17N3O2. The number of benzene rings is 1. The lowest BCUT2D eigenvalue weighted by Crippen LogP contribution is -2.48. The maximum absolute atomic E-state index is 12.4. The largest absolute Gasteiger partial charge is 0.342 e. The third-order valence-electron chi connectivity index (χ3n) is 3.84. The molecule has 0 spiro atoms. The van der Waals surface area contributed by atoms with Crippen molar-refractivity contribution < 1.29 is 9.59 Å². The summed E-state index contributed by atoms with van der Waals surface area (Å²) in [5.74, 6) is -0.0786. The second-order valence-corrected chi connectivity index (χ2v) is 5.23. The number of amides is 2. The van der Waals surface area contributed by atoms with Gasteiger partial charge in [0.05, 0.1) is 0 Å². The highest BCUT2D eigenvalue weighted by Gasteiger charge is 2.22. The summed E-state index contributed by atoms with van der Waals surface area (Å²) in [5, 5.41) is 0. The molecular weight excluding hydrogens is 278 g/mol. The summed E-state index contributed by atoms with van der Waals surface area (Å²) in [7, 11) is 0. The molecule has 1 aromatic carbocycles. The topological polar surface area (TPSA) is 53.5 Å². The van der Waals surface area contributed by atoms with Crippen LogP contribution in [0, 0.1) is 0 Å². The zero-order chi connectivity index (χ0) is 15.4. The summed E-state index contributed by atoms with van der Waals surface area (Å²) in [6.45, 7) is 2.27. The fourth-order valence-electron chi connectivity index (χ4n) is 2.51. The normalized spacial score (nSPS) is 14.7. The fourth-order valence-corrected chi connectivity index (χ4v) is 2.51. The first-order chi connectivity index (χ1) is 10.8. The molecule has 0 saturated carbocycles. The molecule has 1 aliphatic heterocycles. The Morgan fingerprint density at radius 2 is 1.68 bits per heavy atom. The Morgan fingerprint density at radius 3 is 2.27 bits per heavy atom. The number of carbonyl (C=O) groups excluding carboxylic acids is 2. The standard InChI is InChI=1S/C17H17N3O2/c21-13-19-8-10-20(11-9-19)17(22)16-7-6-15(12-18-16)14-4-2-1-3-5-14/h1-7,12-13H,8-11H2. The highest BCUT2D eigenvalue weighted by molar-refractivity contribution is 5.92. The molecule has 1 aromatic heterocycles. The van der Waals surface area contributed by atoms with E-state index in [0.717, 1.165) is 17.5 Å². The van der Waals surface area contributed by atoms with Crippen LogP contribution in [0.5, 0.6) is 0 Å². The minimum atomic E-state index is -0.0786. The van der Waals surface area contributed by atoms with Gasteiger partial charge >= 0.3 is 0 Å². The van der Waals surface area contributed by atoms with Crippen LogP contribution >= 0.6 is 0 Å². The van der Waals surface area contributed by atoms with Crippen LogP contribution in [0.3, 0.4) is 0 Å². The van der Waals surface area contributed by atoms with Crippen LogP contribution in [0.25, 0.3) is 11.1 Å². The lowest BCUT2D eigenvalue weighted by atomic mass is 10.1. The van der Waals surface area contributed by atoms with Crippen molar-refractivity contribution in [3.8, 4) is 11.1 Å². The van der Waals surface area contributed by atoms with Crippen LogP contribution in [0.4, 0.5) is 0 Å². The van der Waals surface area contributed by atoms with Gasteiger partial charge in [-0.2, -0.15) is 0 Å². The Hall–Kier alpha value is -2.69. The van der Waals surface area contributed by atoms with E-state index in [1.54, 1.807) is 22.1 Å². The molecule has 2 heterocycles. The van der Waals surface area contributed by atoms with E-state index in [2.05, 4.69) is 4.98 Å². The number of piperazine rings is 1. The van der Waals surface area contributed by atoms with Gasteiger partial charge in [0.2, 0.25) is 6.41 Å². The minimum absolute atomic E-state index is 0.0786. The van der Waals surface area contributed by atoms with Crippen LogP contribution in [0.15, 0.2) is 48.7 Å². The predicted molar refractivity (Wildman–Crippen MR) is 83.2 cm³/mol. The van der Waals surface area contributed by atoms with Gasteiger partial charge in [0, 0.05) is 37.9 Å². The van der Waals surface area contributed by atoms with E-state index >= 15 is 0 Å². The molecule has 22 heavy (non-hydrogen) atoms. The number of hydrogen-bond donors (Lipinski definition) is 0. The summed E-state index contributed by atoms with van der Waals surface area (Å²) in [5.41, 5.74) is 2.51. The Labute approximate surface area is 129 Å². The fraction of sp³-hybridized carbons (Fsp3) is 0.235. The first kappa shape index (κ1) is 14.3. The Bertz CT molecular complexity index is 647. The summed E-state index contributed by atoms with van der Waals surface area (Å²) in [6.07, 6.45) is 2.55. The minimum Gasteiger partial charge on any atom is -0.342 e. The molecule has 0 unspecified atom stereocenters. The average Bonchev–Trinajstić information content (AvgIpc) is 2.62. The van der Waals surface area contributed by atoms with Gasteiger partial charge in [0.1, 0.15) is 5.69 Å². The maximum Gasteiger partial charge on any atom is 0.272 e. The van der Waals surface area contributed by atoms with Crippen molar-refractivity contribution in [3.05, 3.63) is 54.4 Å². The van der Waals surface area contributed by atoms with Gasteiger partial charge in [-0.1, -0.05) is 36.4 Å². The van der Waals surface area contributed by atoms with E-state index < -0.39 is 0 Å². The van der Waals surface area contributed by atoms with Gasteiger partial charge in [-0.05, 0) is 11.6 Å². The molecule has 0 atom stereocenters. The van der Waals surface area contributed by atoms with Gasteiger partial charge in [-0.25, -0.2) is 0 Å². The van der Waals surface area contributed by atoms with Crippen molar-refractivity contribution >= 4 is 12.3 Å². The zero-order valence-electron chi connectivity index (χ0n) is 12.2. The lowest BCUT2D eigenvalue weighted by molar-refractivity contribution is -0.119. The van der Waals surface area contributed by atoms with Crippen molar-refractivity contribution in [2.45, 2.75) is 0 Å². The third kappa shape index (κ3) is 2.98. The van der Waals surface area contributed by atoms with Crippen molar-refractivity contribution in [1.29, 1.82) is 0 Å². The number of hydrogen-bond acceptors (Lipinski definition) is 3. The predicted octanol–water partition coefficient (Wildman–Crippen LogP) is 1.66. The zero-order valence-corrected chi connectivity index (χ0v) is 12.2. The van der Waals surface area contributed by atoms with Crippen LogP contribution < -0.4 is 0 Å². The van der Waals surface area contributed by atoms with E-state index in [9.17, 15) is 9.59 Å². The highest BCUT2D eigenvalue weighted by atomic mass is 16.2. The molecule has 2 amide bonds. The second kappa shape index (κ2) is 6.39. The molecule has 0 aliphatic carbocycles. The summed E-state index contributed by atoms with van der Waals surface area (Å²) in [6, 6.07) is 13.6. The van der Waals surface area contributed by atoms with Crippen molar-refractivity contribution in [1.82, 2.24) is 14.8 Å². The van der Waals surface area contributed by atoms with Gasteiger partial charge in [-0.3, -0.25) is 14.6 Å². The van der Waals surface area contributed by atoms with Gasteiger partial charge in [0.15, 0.2) is 0 Å². The van der Waals surface area contributed by atoms with E-state index in [-0.39, 0.29) is 5.91 Å². The van der Waals surface area contributed by atoms with Gasteiger partial charge in [-0.15, -0.1) is 0 Å². The van der Waals surface area contributed by atoms with Gasteiger partial charge in [0.25, 0.3) is 5.91 Å². The first-order valence-electron chi connectivity index (χ1n) is 7.28. The summed E-state index contributed by atoms with van der Waals surface area (Å²) in [4.78, 5) is 30.8. The monoisotopic (exact) mass is 295 g/mol. The molecule has 5 nitrogen and oxygen atoms in total. The molecule has 112 valence electrons. The third-order valence-corrected chi connectivity index (χ3v) is 3.84. The number of pyridine rings is 1. The molecule has 0 bridgehead atoms. The molecule has 5 heteroatoms. The van der Waals surface area contributed by atoms with E-state index in [4.69, 9.17) is 0 Å². The average molecular weight is 295 g/mol. The van der Waals surface area contributed by atoms with Crippen molar-refractivity contribution in [2.75, 3.05) is 26.2 Å². The molecule has 1 fully saturated rings. The molecule has 1 aliphatic rings. The summed E-state index contributed by atoms with van der Waals surface area (Å²) < 4.78 is 0. The van der Waals surface area contributed by atoms with E-state index in [0.29, 0.717) is 31.9 Å². The molecule has 0 radical (unpaired) electrons. The highest BCUT2D eigenvalue weighted by Crippen LogP contribution is 2.18. The Balaban J connectivity index is 1.70. The van der Waals surface area contributed by atoms with Crippen molar-refractivity contribution in [2.24, 2.45) is 0 Å². The molecule has 3 rings (SSSR count). The number of rotatable bonds is 3.